The molecule has 0 aromatic heterocycles. The van der Waals surface area contributed by atoms with Crippen LogP contribution in [0.15, 0.2) is 11.8 Å². The monoisotopic (exact) mass is 210 g/mol. The molecular formula is C10H14N2O3. The Balaban J connectivity index is 2.44. The number of rotatable bonds is 5. The minimum atomic E-state index is -0.496. The Bertz CT molecular complexity index is 334. The van der Waals surface area contributed by atoms with E-state index in [4.69, 9.17) is 5.73 Å². The highest BCUT2D eigenvalue weighted by Crippen LogP contribution is 2.09. The van der Waals surface area contributed by atoms with Crippen LogP contribution in [0.25, 0.3) is 0 Å². The van der Waals surface area contributed by atoms with Gasteiger partial charge < -0.3 is 5.73 Å². The molecule has 0 atom stereocenters. The van der Waals surface area contributed by atoms with Crippen molar-refractivity contribution in [3.63, 3.8) is 0 Å². The van der Waals surface area contributed by atoms with E-state index in [-0.39, 0.29) is 24.4 Å². The van der Waals surface area contributed by atoms with Crippen molar-refractivity contribution in [3.8, 4) is 0 Å². The summed E-state index contributed by atoms with van der Waals surface area (Å²) < 4.78 is 0. The molecule has 1 rings (SSSR count). The number of Topliss-reactive ketones (excluding diaryl/α,β-unsaturated/α-hetero) is 1. The van der Waals surface area contributed by atoms with Gasteiger partial charge in [-0.25, -0.2) is 0 Å². The van der Waals surface area contributed by atoms with Crippen LogP contribution in [0.2, 0.25) is 0 Å². The van der Waals surface area contributed by atoms with Crippen LogP contribution >= 0.6 is 0 Å². The summed E-state index contributed by atoms with van der Waals surface area (Å²) in [4.78, 5) is 34.7. The lowest BCUT2D eigenvalue weighted by Crippen LogP contribution is -2.34. The average molecular weight is 210 g/mol. The second-order valence-electron chi connectivity index (χ2n) is 3.43. The summed E-state index contributed by atoms with van der Waals surface area (Å²) >= 11 is 0. The van der Waals surface area contributed by atoms with Crippen molar-refractivity contribution in [1.82, 2.24) is 4.90 Å². The predicted octanol–water partition coefficient (Wildman–Crippen LogP) is -0.0429. The van der Waals surface area contributed by atoms with Gasteiger partial charge in [0.25, 0.3) is 11.8 Å². The van der Waals surface area contributed by atoms with E-state index in [1.165, 1.54) is 0 Å². The number of nitrogens with zero attached hydrogens (tertiary/aromatic N) is 1. The van der Waals surface area contributed by atoms with Gasteiger partial charge in [0, 0.05) is 25.5 Å². The molecule has 0 unspecified atom stereocenters. The number of carbonyl (C=O) groups is 3. The fourth-order valence-electron chi connectivity index (χ4n) is 1.38. The molecule has 0 bridgehead atoms. The molecule has 0 saturated heterocycles. The van der Waals surface area contributed by atoms with Crippen molar-refractivity contribution >= 4 is 17.6 Å². The van der Waals surface area contributed by atoms with Crippen molar-refractivity contribution in [2.75, 3.05) is 6.54 Å². The minimum Gasteiger partial charge on any atom is -0.394 e. The first-order chi connectivity index (χ1) is 7.06. The summed E-state index contributed by atoms with van der Waals surface area (Å²) in [5.41, 5.74) is 5.24. The SMILES string of the molecule is CCCC(=O)CCN1C(=O)C=C(N)C1=O. The number of ketones is 1. The number of nitrogens with two attached hydrogens (primary N) is 1. The fourth-order valence-corrected chi connectivity index (χ4v) is 1.38. The number of imide groups is 1. The van der Waals surface area contributed by atoms with Crippen molar-refractivity contribution in [2.24, 2.45) is 5.73 Å². The first kappa shape index (κ1) is 11.4. The van der Waals surface area contributed by atoms with E-state index >= 15 is 0 Å². The maximum absolute atomic E-state index is 11.3. The summed E-state index contributed by atoms with van der Waals surface area (Å²) in [6, 6.07) is 0. The van der Waals surface area contributed by atoms with Crippen molar-refractivity contribution in [3.05, 3.63) is 11.8 Å². The minimum absolute atomic E-state index is 0.0528. The lowest BCUT2D eigenvalue weighted by molar-refractivity contribution is -0.137. The maximum atomic E-state index is 11.3. The van der Waals surface area contributed by atoms with Gasteiger partial charge in [-0.15, -0.1) is 0 Å². The van der Waals surface area contributed by atoms with E-state index < -0.39 is 11.8 Å². The van der Waals surface area contributed by atoms with Gasteiger partial charge in [0.1, 0.15) is 11.5 Å². The van der Waals surface area contributed by atoms with Crippen LogP contribution in [0.1, 0.15) is 26.2 Å². The highest BCUT2D eigenvalue weighted by atomic mass is 16.2. The first-order valence-corrected chi connectivity index (χ1v) is 4.91. The molecule has 0 aromatic rings. The van der Waals surface area contributed by atoms with Crippen LogP contribution in [0, 0.1) is 0 Å². The molecule has 82 valence electrons. The Morgan fingerprint density at radius 1 is 1.40 bits per heavy atom. The zero-order valence-electron chi connectivity index (χ0n) is 8.66. The first-order valence-electron chi connectivity index (χ1n) is 4.91. The number of amides is 2. The van der Waals surface area contributed by atoms with Crippen LogP contribution in [0.4, 0.5) is 0 Å². The molecule has 0 aliphatic carbocycles. The quantitative estimate of drug-likeness (QED) is 0.645. The van der Waals surface area contributed by atoms with Crippen LogP contribution in [-0.2, 0) is 14.4 Å². The smallest absolute Gasteiger partial charge is 0.276 e. The summed E-state index contributed by atoms with van der Waals surface area (Å²) in [5, 5.41) is 0. The molecule has 0 aromatic carbocycles. The third-order valence-corrected chi connectivity index (χ3v) is 2.18. The van der Waals surface area contributed by atoms with Crippen LogP contribution in [0.3, 0.4) is 0 Å². The highest BCUT2D eigenvalue weighted by Gasteiger charge is 2.28. The Labute approximate surface area is 87.9 Å². The molecule has 0 fully saturated rings. The molecule has 2 N–H and O–H groups in total. The zero-order valence-corrected chi connectivity index (χ0v) is 8.66. The molecule has 5 heteroatoms. The number of carbonyl (C=O) groups excluding carboxylic acids is 3. The predicted molar refractivity (Wildman–Crippen MR) is 53.5 cm³/mol. The molecule has 1 aliphatic heterocycles. The molecule has 1 heterocycles. The van der Waals surface area contributed by atoms with Crippen molar-refractivity contribution in [2.45, 2.75) is 26.2 Å². The van der Waals surface area contributed by atoms with E-state index in [0.29, 0.717) is 6.42 Å². The van der Waals surface area contributed by atoms with Gasteiger partial charge in [0.2, 0.25) is 0 Å². The lowest BCUT2D eigenvalue weighted by atomic mass is 10.2. The molecule has 15 heavy (non-hydrogen) atoms. The summed E-state index contributed by atoms with van der Waals surface area (Å²) in [6.07, 6.45) is 2.57. The second kappa shape index (κ2) is 4.72. The molecule has 2 amide bonds. The summed E-state index contributed by atoms with van der Waals surface area (Å²) in [5.74, 6) is -0.866. The van der Waals surface area contributed by atoms with E-state index in [1.54, 1.807) is 0 Å². The topological polar surface area (TPSA) is 80.5 Å². The Kier molecular flexibility index (Phi) is 3.60. The van der Waals surface area contributed by atoms with E-state index in [1.807, 2.05) is 6.92 Å². The largest absolute Gasteiger partial charge is 0.394 e. The summed E-state index contributed by atoms with van der Waals surface area (Å²) in [6.45, 7) is 2.04. The Morgan fingerprint density at radius 2 is 2.07 bits per heavy atom. The molecule has 1 aliphatic rings. The summed E-state index contributed by atoms with van der Waals surface area (Å²) in [7, 11) is 0. The Hall–Kier alpha value is -1.65. The maximum Gasteiger partial charge on any atom is 0.276 e. The zero-order chi connectivity index (χ0) is 11.4. The van der Waals surface area contributed by atoms with Gasteiger partial charge in [-0.3, -0.25) is 19.3 Å². The van der Waals surface area contributed by atoms with Crippen molar-refractivity contribution in [1.29, 1.82) is 0 Å². The fraction of sp³-hybridized carbons (Fsp3) is 0.500. The molecular weight excluding hydrogens is 196 g/mol. The number of hydrogen-bond acceptors (Lipinski definition) is 4. The third kappa shape index (κ3) is 2.65. The van der Waals surface area contributed by atoms with Gasteiger partial charge in [0.05, 0.1) is 0 Å². The molecule has 5 nitrogen and oxygen atoms in total. The standard InChI is InChI=1S/C10H14N2O3/c1-2-3-7(13)4-5-12-9(14)6-8(11)10(12)15/h6H,2-5,11H2,1H3. The molecule has 0 radical (unpaired) electrons. The van der Waals surface area contributed by atoms with Crippen LogP contribution in [0.5, 0.6) is 0 Å². The van der Waals surface area contributed by atoms with Crippen LogP contribution in [-0.4, -0.2) is 29.0 Å². The molecule has 0 saturated carbocycles. The Morgan fingerprint density at radius 3 is 2.53 bits per heavy atom. The van der Waals surface area contributed by atoms with Crippen molar-refractivity contribution < 1.29 is 14.4 Å². The normalized spacial score (nSPS) is 15.8. The molecule has 0 spiro atoms. The third-order valence-electron chi connectivity index (χ3n) is 2.18. The lowest BCUT2D eigenvalue weighted by Gasteiger charge is -2.12. The number of hydrogen-bond donors (Lipinski definition) is 1. The van der Waals surface area contributed by atoms with Crippen LogP contribution < -0.4 is 5.73 Å². The van der Waals surface area contributed by atoms with Gasteiger partial charge >= 0.3 is 0 Å². The van der Waals surface area contributed by atoms with E-state index in [9.17, 15) is 14.4 Å². The van der Waals surface area contributed by atoms with E-state index in [2.05, 4.69) is 0 Å². The van der Waals surface area contributed by atoms with Gasteiger partial charge in [-0.1, -0.05) is 6.92 Å². The van der Waals surface area contributed by atoms with Gasteiger partial charge in [0.15, 0.2) is 0 Å². The van der Waals surface area contributed by atoms with E-state index in [0.717, 1.165) is 17.4 Å². The van der Waals surface area contributed by atoms with Gasteiger partial charge in [-0.05, 0) is 6.42 Å². The second-order valence-corrected chi connectivity index (χ2v) is 3.43. The highest BCUT2D eigenvalue weighted by molar-refractivity contribution is 6.15. The van der Waals surface area contributed by atoms with Gasteiger partial charge in [-0.2, -0.15) is 0 Å². The average Bonchev–Trinajstić information content (AvgIpc) is 2.40.